The van der Waals surface area contributed by atoms with E-state index in [9.17, 15) is 0 Å². The second-order valence-corrected chi connectivity index (χ2v) is 6.55. The highest BCUT2D eigenvalue weighted by atomic mass is 15.3. The molecular weight excluding hydrogens is 328 g/mol. The number of nitrogens with one attached hydrogen (secondary N) is 1. The number of aromatic nitrogens is 5. The Hall–Kier alpha value is -2.74. The standard InChI is InChI=1S/C18H24N8/c1-15-14-16-17(20-7-9-26(16)23-15)19-6-3-8-24-10-12-25(13-11-24)18-21-4-2-5-22-18/h2,4-5,7,9,14H,3,6,8,10-13H2,1H3,(H,19,20). The molecule has 1 N–H and O–H groups in total. The molecule has 3 aromatic heterocycles. The van der Waals surface area contributed by atoms with Gasteiger partial charge in [0.15, 0.2) is 5.82 Å². The molecule has 1 saturated heterocycles. The van der Waals surface area contributed by atoms with Crippen LogP contribution in [0.4, 0.5) is 11.8 Å². The van der Waals surface area contributed by atoms with E-state index in [1.807, 2.05) is 23.7 Å². The summed E-state index contributed by atoms with van der Waals surface area (Å²) in [6.45, 7) is 8.04. The molecule has 0 radical (unpaired) electrons. The minimum absolute atomic E-state index is 0.837. The SMILES string of the molecule is Cc1cc2c(NCCCN3CCN(c4ncccn4)CC3)nccn2n1. The first kappa shape index (κ1) is 16.7. The van der Waals surface area contributed by atoms with Gasteiger partial charge < -0.3 is 10.2 Å². The van der Waals surface area contributed by atoms with Gasteiger partial charge >= 0.3 is 0 Å². The lowest BCUT2D eigenvalue weighted by molar-refractivity contribution is 0.256. The van der Waals surface area contributed by atoms with Crippen molar-refractivity contribution in [3.05, 3.63) is 42.6 Å². The van der Waals surface area contributed by atoms with Crippen molar-refractivity contribution in [3.63, 3.8) is 0 Å². The molecule has 0 spiro atoms. The number of rotatable bonds is 6. The van der Waals surface area contributed by atoms with Crippen molar-refractivity contribution in [1.29, 1.82) is 0 Å². The van der Waals surface area contributed by atoms with Gasteiger partial charge in [0, 0.05) is 57.5 Å². The van der Waals surface area contributed by atoms with Crippen LogP contribution < -0.4 is 10.2 Å². The van der Waals surface area contributed by atoms with E-state index in [4.69, 9.17) is 0 Å². The summed E-state index contributed by atoms with van der Waals surface area (Å²) >= 11 is 0. The molecule has 1 fully saturated rings. The predicted molar refractivity (Wildman–Crippen MR) is 102 cm³/mol. The average Bonchev–Trinajstić information content (AvgIpc) is 3.07. The van der Waals surface area contributed by atoms with E-state index in [1.165, 1.54) is 0 Å². The molecule has 1 aliphatic heterocycles. The lowest BCUT2D eigenvalue weighted by Crippen LogP contribution is -2.47. The third-order valence-corrected chi connectivity index (χ3v) is 4.66. The molecule has 3 aromatic rings. The third-order valence-electron chi connectivity index (χ3n) is 4.66. The number of anilines is 2. The highest BCUT2D eigenvalue weighted by molar-refractivity contribution is 5.67. The molecule has 4 heterocycles. The number of hydrogen-bond donors (Lipinski definition) is 1. The van der Waals surface area contributed by atoms with Gasteiger partial charge in [-0.15, -0.1) is 0 Å². The van der Waals surface area contributed by atoms with E-state index >= 15 is 0 Å². The third kappa shape index (κ3) is 3.75. The molecular formula is C18H24N8. The van der Waals surface area contributed by atoms with Crippen molar-refractivity contribution < 1.29 is 0 Å². The normalized spacial score (nSPS) is 15.5. The first-order valence-corrected chi connectivity index (χ1v) is 9.09. The molecule has 0 aromatic carbocycles. The fourth-order valence-electron chi connectivity index (χ4n) is 3.32. The minimum atomic E-state index is 0.837. The summed E-state index contributed by atoms with van der Waals surface area (Å²) in [7, 11) is 0. The maximum atomic E-state index is 4.44. The number of fused-ring (bicyclic) bond motifs is 1. The number of nitrogens with zero attached hydrogens (tertiary/aromatic N) is 7. The van der Waals surface area contributed by atoms with Gasteiger partial charge in [-0.3, -0.25) is 4.90 Å². The van der Waals surface area contributed by atoms with Gasteiger partial charge in [-0.2, -0.15) is 5.10 Å². The van der Waals surface area contributed by atoms with Crippen molar-refractivity contribution in [1.82, 2.24) is 29.5 Å². The fraction of sp³-hybridized carbons (Fsp3) is 0.444. The lowest BCUT2D eigenvalue weighted by Gasteiger charge is -2.34. The van der Waals surface area contributed by atoms with Gasteiger partial charge in [-0.1, -0.05) is 0 Å². The predicted octanol–water partition coefficient (Wildman–Crippen LogP) is 1.45. The monoisotopic (exact) mass is 352 g/mol. The number of piperazine rings is 1. The molecule has 8 nitrogen and oxygen atoms in total. The first-order valence-electron chi connectivity index (χ1n) is 9.09. The Morgan fingerprint density at radius 3 is 2.65 bits per heavy atom. The summed E-state index contributed by atoms with van der Waals surface area (Å²) < 4.78 is 1.87. The maximum Gasteiger partial charge on any atom is 0.225 e. The molecule has 0 atom stereocenters. The summed E-state index contributed by atoms with van der Waals surface area (Å²) in [5, 5.41) is 7.87. The van der Waals surface area contributed by atoms with Gasteiger partial charge in [0.05, 0.1) is 5.69 Å². The molecule has 0 unspecified atom stereocenters. The van der Waals surface area contributed by atoms with Crippen molar-refractivity contribution in [3.8, 4) is 0 Å². The number of aryl methyl sites for hydroxylation is 1. The molecule has 8 heteroatoms. The average molecular weight is 352 g/mol. The zero-order valence-corrected chi connectivity index (χ0v) is 15.0. The van der Waals surface area contributed by atoms with Gasteiger partial charge in [-0.25, -0.2) is 19.5 Å². The molecule has 26 heavy (non-hydrogen) atoms. The van der Waals surface area contributed by atoms with Crippen molar-refractivity contribution >= 4 is 17.3 Å². The van der Waals surface area contributed by atoms with E-state index < -0.39 is 0 Å². The van der Waals surface area contributed by atoms with Crippen LogP contribution in [-0.2, 0) is 0 Å². The molecule has 0 saturated carbocycles. The van der Waals surface area contributed by atoms with Crippen LogP contribution in [0, 0.1) is 6.92 Å². The minimum Gasteiger partial charge on any atom is -0.368 e. The topological polar surface area (TPSA) is 74.5 Å². The summed E-state index contributed by atoms with van der Waals surface area (Å²) in [5.41, 5.74) is 2.03. The summed E-state index contributed by atoms with van der Waals surface area (Å²) in [6.07, 6.45) is 8.35. The highest BCUT2D eigenvalue weighted by Gasteiger charge is 2.18. The highest BCUT2D eigenvalue weighted by Crippen LogP contribution is 2.14. The quantitative estimate of drug-likeness (QED) is 0.673. The second kappa shape index (κ2) is 7.65. The molecule has 0 bridgehead atoms. The van der Waals surface area contributed by atoms with Crippen LogP contribution >= 0.6 is 0 Å². The Labute approximate surface area is 152 Å². The Kier molecular flexibility index (Phi) is 4.92. The van der Waals surface area contributed by atoms with Gasteiger partial charge in [0.2, 0.25) is 5.95 Å². The zero-order valence-electron chi connectivity index (χ0n) is 15.0. The van der Waals surface area contributed by atoms with Crippen LogP contribution in [0.2, 0.25) is 0 Å². The summed E-state index contributed by atoms with van der Waals surface area (Å²) in [5.74, 6) is 1.74. The summed E-state index contributed by atoms with van der Waals surface area (Å²) in [6, 6.07) is 3.91. The van der Waals surface area contributed by atoms with Crippen LogP contribution in [0.3, 0.4) is 0 Å². The van der Waals surface area contributed by atoms with E-state index in [0.717, 1.165) is 68.7 Å². The Morgan fingerprint density at radius 2 is 1.85 bits per heavy atom. The lowest BCUT2D eigenvalue weighted by atomic mass is 10.3. The molecule has 0 aliphatic carbocycles. The van der Waals surface area contributed by atoms with Gasteiger partial charge in [-0.05, 0) is 32.0 Å². The van der Waals surface area contributed by atoms with Gasteiger partial charge in [0.1, 0.15) is 5.52 Å². The van der Waals surface area contributed by atoms with E-state index in [-0.39, 0.29) is 0 Å². The van der Waals surface area contributed by atoms with E-state index in [1.54, 1.807) is 18.6 Å². The molecule has 136 valence electrons. The van der Waals surface area contributed by atoms with Crippen molar-refractivity contribution in [2.45, 2.75) is 13.3 Å². The van der Waals surface area contributed by atoms with E-state index in [2.05, 4.69) is 41.2 Å². The fourth-order valence-corrected chi connectivity index (χ4v) is 3.32. The number of hydrogen-bond acceptors (Lipinski definition) is 7. The maximum absolute atomic E-state index is 4.44. The first-order chi connectivity index (χ1) is 12.8. The summed E-state index contributed by atoms with van der Waals surface area (Å²) in [4.78, 5) is 17.9. The Balaban J connectivity index is 1.22. The zero-order chi connectivity index (χ0) is 17.8. The van der Waals surface area contributed by atoms with Crippen LogP contribution in [0.15, 0.2) is 36.9 Å². The van der Waals surface area contributed by atoms with Crippen LogP contribution in [-0.4, -0.2) is 68.7 Å². The molecule has 1 aliphatic rings. The van der Waals surface area contributed by atoms with Crippen molar-refractivity contribution in [2.75, 3.05) is 49.5 Å². The van der Waals surface area contributed by atoms with Crippen molar-refractivity contribution in [2.24, 2.45) is 0 Å². The molecule has 4 rings (SSSR count). The largest absolute Gasteiger partial charge is 0.368 e. The van der Waals surface area contributed by atoms with Gasteiger partial charge in [0.25, 0.3) is 0 Å². The Morgan fingerprint density at radius 1 is 1.04 bits per heavy atom. The molecule has 0 amide bonds. The van der Waals surface area contributed by atoms with E-state index in [0.29, 0.717) is 0 Å². The van der Waals surface area contributed by atoms with Crippen LogP contribution in [0.1, 0.15) is 12.1 Å². The smallest absolute Gasteiger partial charge is 0.225 e. The second-order valence-electron chi connectivity index (χ2n) is 6.55. The van der Waals surface area contributed by atoms with Crippen LogP contribution in [0.25, 0.3) is 5.52 Å². The Bertz CT molecular complexity index is 839. The van der Waals surface area contributed by atoms with Crippen LogP contribution in [0.5, 0.6) is 0 Å².